The molecule has 8 heteroatoms. The van der Waals surface area contributed by atoms with Crippen LogP contribution in [0.25, 0.3) is 22.6 Å². The van der Waals surface area contributed by atoms with E-state index in [0.717, 1.165) is 25.7 Å². The number of anilines is 1. The SMILES string of the molecule is O=C1C2CCCCC2C(=O)N1c1ccccc1-c1nnc(-c2ccc(F)cc2)c(=O)[nH]1. The first-order valence-electron chi connectivity index (χ1n) is 10.2. The molecule has 3 aromatic rings. The van der Waals surface area contributed by atoms with Crippen LogP contribution >= 0.6 is 0 Å². The van der Waals surface area contributed by atoms with E-state index in [1.165, 1.54) is 29.2 Å². The molecule has 2 aromatic carbocycles. The molecule has 0 bridgehead atoms. The van der Waals surface area contributed by atoms with Gasteiger partial charge in [0.2, 0.25) is 11.8 Å². The predicted molar refractivity (Wildman–Crippen MR) is 111 cm³/mol. The highest BCUT2D eigenvalue weighted by Crippen LogP contribution is 2.42. The van der Waals surface area contributed by atoms with Gasteiger partial charge >= 0.3 is 0 Å². The molecule has 2 aliphatic rings. The fourth-order valence-electron chi connectivity index (χ4n) is 4.52. The first-order chi connectivity index (χ1) is 15.0. The van der Waals surface area contributed by atoms with Crippen molar-refractivity contribution in [1.82, 2.24) is 15.2 Å². The molecule has 0 radical (unpaired) electrons. The molecule has 1 aliphatic carbocycles. The van der Waals surface area contributed by atoms with Gasteiger partial charge in [-0.25, -0.2) is 9.29 Å². The number of amides is 2. The summed E-state index contributed by atoms with van der Waals surface area (Å²) >= 11 is 0. The third-order valence-electron chi connectivity index (χ3n) is 6.06. The van der Waals surface area contributed by atoms with Gasteiger partial charge < -0.3 is 4.98 Å². The number of hydrogen-bond donors (Lipinski definition) is 1. The zero-order valence-corrected chi connectivity index (χ0v) is 16.5. The lowest BCUT2D eigenvalue weighted by atomic mass is 9.81. The molecule has 1 N–H and O–H groups in total. The van der Waals surface area contributed by atoms with Crippen LogP contribution in [0.5, 0.6) is 0 Å². The molecule has 2 fully saturated rings. The summed E-state index contributed by atoms with van der Waals surface area (Å²) in [6, 6.07) is 12.2. The van der Waals surface area contributed by atoms with Gasteiger partial charge in [0.05, 0.1) is 17.5 Å². The molecule has 1 saturated carbocycles. The largest absolute Gasteiger partial charge is 0.303 e. The van der Waals surface area contributed by atoms with Crippen LogP contribution in [0.1, 0.15) is 25.7 Å². The summed E-state index contributed by atoms with van der Waals surface area (Å²) in [5.41, 5.74) is 0.827. The van der Waals surface area contributed by atoms with Gasteiger partial charge in [-0.2, -0.15) is 0 Å². The molecule has 2 amide bonds. The summed E-state index contributed by atoms with van der Waals surface area (Å²) in [4.78, 5) is 42.7. The van der Waals surface area contributed by atoms with E-state index in [4.69, 9.17) is 0 Å². The molecule has 0 spiro atoms. The van der Waals surface area contributed by atoms with Crippen molar-refractivity contribution >= 4 is 17.5 Å². The first-order valence-corrected chi connectivity index (χ1v) is 10.2. The molecular weight excluding hydrogens is 399 g/mol. The number of H-pyrrole nitrogens is 1. The number of aromatic amines is 1. The number of nitrogens with one attached hydrogen (secondary N) is 1. The molecule has 2 unspecified atom stereocenters. The summed E-state index contributed by atoms with van der Waals surface area (Å²) in [6.45, 7) is 0. The number of benzene rings is 2. The van der Waals surface area contributed by atoms with Gasteiger partial charge in [-0.15, -0.1) is 10.2 Å². The number of carbonyl (C=O) groups is 2. The highest BCUT2D eigenvalue weighted by Gasteiger charge is 2.49. The number of hydrogen-bond acceptors (Lipinski definition) is 5. The molecule has 1 saturated heterocycles. The van der Waals surface area contributed by atoms with Crippen molar-refractivity contribution in [2.45, 2.75) is 25.7 Å². The summed E-state index contributed by atoms with van der Waals surface area (Å²) in [5, 5.41) is 8.16. The van der Waals surface area contributed by atoms with Gasteiger partial charge in [0, 0.05) is 11.1 Å². The number of carbonyl (C=O) groups excluding carboxylic acids is 2. The Labute approximate surface area is 176 Å². The summed E-state index contributed by atoms with van der Waals surface area (Å²) < 4.78 is 13.2. The van der Waals surface area contributed by atoms with Crippen molar-refractivity contribution in [2.24, 2.45) is 11.8 Å². The van der Waals surface area contributed by atoms with Crippen LogP contribution in [-0.2, 0) is 9.59 Å². The van der Waals surface area contributed by atoms with Crippen molar-refractivity contribution in [2.75, 3.05) is 4.90 Å². The summed E-state index contributed by atoms with van der Waals surface area (Å²) in [7, 11) is 0. The predicted octanol–water partition coefficient (Wildman–Crippen LogP) is 3.32. The van der Waals surface area contributed by atoms with Gasteiger partial charge in [-0.05, 0) is 49.2 Å². The zero-order chi connectivity index (χ0) is 21.5. The van der Waals surface area contributed by atoms with Gasteiger partial charge in [0.25, 0.3) is 5.56 Å². The number of aromatic nitrogens is 3. The van der Waals surface area contributed by atoms with Gasteiger partial charge in [-0.1, -0.05) is 25.0 Å². The van der Waals surface area contributed by atoms with Crippen LogP contribution < -0.4 is 10.5 Å². The van der Waals surface area contributed by atoms with Crippen LogP contribution in [0.15, 0.2) is 53.3 Å². The average molecular weight is 418 g/mol. The fraction of sp³-hybridized carbons (Fsp3) is 0.261. The van der Waals surface area contributed by atoms with Crippen molar-refractivity contribution in [3.63, 3.8) is 0 Å². The molecule has 2 atom stereocenters. The molecular formula is C23H19FN4O3. The maximum Gasteiger partial charge on any atom is 0.278 e. The number of nitrogens with zero attached hydrogens (tertiary/aromatic N) is 3. The van der Waals surface area contributed by atoms with E-state index >= 15 is 0 Å². The van der Waals surface area contributed by atoms with Crippen LogP contribution in [0.3, 0.4) is 0 Å². The second-order valence-corrected chi connectivity index (χ2v) is 7.88. The third kappa shape index (κ3) is 3.24. The quantitative estimate of drug-likeness (QED) is 0.659. The first kappa shape index (κ1) is 19.3. The Morgan fingerprint density at radius 2 is 1.52 bits per heavy atom. The van der Waals surface area contributed by atoms with Crippen LogP contribution in [0.2, 0.25) is 0 Å². The minimum absolute atomic E-state index is 0.0561. The Balaban J connectivity index is 1.55. The number of halogens is 1. The summed E-state index contributed by atoms with van der Waals surface area (Å²) in [6.07, 6.45) is 3.33. The van der Waals surface area contributed by atoms with E-state index in [1.54, 1.807) is 24.3 Å². The highest BCUT2D eigenvalue weighted by molar-refractivity contribution is 6.23. The van der Waals surface area contributed by atoms with Crippen LogP contribution in [0.4, 0.5) is 10.1 Å². The highest BCUT2D eigenvalue weighted by atomic mass is 19.1. The van der Waals surface area contributed by atoms with Crippen molar-refractivity contribution in [3.8, 4) is 22.6 Å². The van der Waals surface area contributed by atoms with Crippen molar-refractivity contribution < 1.29 is 14.0 Å². The lowest BCUT2D eigenvalue weighted by Gasteiger charge is -2.19. The van der Waals surface area contributed by atoms with E-state index < -0.39 is 11.4 Å². The van der Waals surface area contributed by atoms with E-state index in [2.05, 4.69) is 15.2 Å². The topological polar surface area (TPSA) is 96.0 Å². The lowest BCUT2D eigenvalue weighted by molar-refractivity contribution is -0.122. The second-order valence-electron chi connectivity index (χ2n) is 7.88. The van der Waals surface area contributed by atoms with E-state index in [-0.39, 0.29) is 35.2 Å². The number of rotatable bonds is 3. The Morgan fingerprint density at radius 1 is 0.871 bits per heavy atom. The van der Waals surface area contributed by atoms with Crippen molar-refractivity contribution in [3.05, 3.63) is 64.7 Å². The number of fused-ring (bicyclic) bond motifs is 1. The minimum Gasteiger partial charge on any atom is -0.303 e. The lowest BCUT2D eigenvalue weighted by Crippen LogP contribution is -2.31. The zero-order valence-electron chi connectivity index (χ0n) is 16.5. The Kier molecular flexibility index (Phi) is 4.69. The summed E-state index contributed by atoms with van der Waals surface area (Å²) in [5.74, 6) is -1.21. The van der Waals surface area contributed by atoms with E-state index in [0.29, 0.717) is 16.8 Å². The molecule has 2 heterocycles. The maximum absolute atomic E-state index is 13.2. The fourth-order valence-corrected chi connectivity index (χ4v) is 4.52. The normalized spacial score (nSPS) is 20.7. The molecule has 7 nitrogen and oxygen atoms in total. The number of para-hydroxylation sites is 1. The molecule has 5 rings (SSSR count). The van der Waals surface area contributed by atoms with Crippen LogP contribution in [-0.4, -0.2) is 27.0 Å². The van der Waals surface area contributed by atoms with Crippen LogP contribution in [0, 0.1) is 17.7 Å². The third-order valence-corrected chi connectivity index (χ3v) is 6.06. The van der Waals surface area contributed by atoms with Crippen molar-refractivity contribution in [1.29, 1.82) is 0 Å². The minimum atomic E-state index is -0.501. The maximum atomic E-state index is 13.2. The second kappa shape index (κ2) is 7.54. The molecule has 156 valence electrons. The monoisotopic (exact) mass is 418 g/mol. The Bertz CT molecular complexity index is 1210. The Morgan fingerprint density at radius 3 is 2.16 bits per heavy atom. The molecule has 1 aromatic heterocycles. The van der Waals surface area contributed by atoms with Gasteiger partial charge in [0.15, 0.2) is 11.5 Å². The number of imide groups is 1. The van der Waals surface area contributed by atoms with Gasteiger partial charge in [-0.3, -0.25) is 14.4 Å². The standard InChI is InChI=1S/C23H19FN4O3/c24-14-11-9-13(10-12-14)19-21(29)25-20(27-26-19)17-7-3-4-8-18(17)28-22(30)15-5-1-2-6-16(15)23(28)31/h3-4,7-12,15-16H,1-2,5-6H2,(H,25,27,29). The van der Waals surface area contributed by atoms with E-state index in [1.807, 2.05) is 0 Å². The Hall–Kier alpha value is -3.68. The molecule has 31 heavy (non-hydrogen) atoms. The van der Waals surface area contributed by atoms with E-state index in [9.17, 15) is 18.8 Å². The smallest absolute Gasteiger partial charge is 0.278 e. The molecule has 1 aliphatic heterocycles. The average Bonchev–Trinajstić information content (AvgIpc) is 3.05. The van der Waals surface area contributed by atoms with Gasteiger partial charge in [0.1, 0.15) is 5.82 Å².